The van der Waals surface area contributed by atoms with Crippen molar-refractivity contribution in [1.82, 2.24) is 0 Å². The first-order valence-electron chi connectivity index (χ1n) is 6.59. The van der Waals surface area contributed by atoms with E-state index in [0.29, 0.717) is 0 Å². The normalized spacial score (nSPS) is 20.9. The number of hydrogen-bond acceptors (Lipinski definition) is 2. The van der Waals surface area contributed by atoms with Gasteiger partial charge in [-0.3, -0.25) is 0 Å². The molecule has 0 radical (unpaired) electrons. The zero-order valence-electron chi connectivity index (χ0n) is 10.9. The Balaban J connectivity index is 2.31. The summed E-state index contributed by atoms with van der Waals surface area (Å²) < 4.78 is 5.22. The third-order valence-corrected chi connectivity index (χ3v) is 4.28. The van der Waals surface area contributed by atoms with Crippen LogP contribution in [-0.4, -0.2) is 13.2 Å². The third-order valence-electron chi connectivity index (χ3n) is 4.28. The van der Waals surface area contributed by atoms with Gasteiger partial charge in [-0.1, -0.05) is 31.4 Å². The first-order valence-corrected chi connectivity index (χ1v) is 6.59. The summed E-state index contributed by atoms with van der Waals surface area (Å²) in [5.74, 6) is 0.921. The van der Waals surface area contributed by atoms with Gasteiger partial charge in [0.1, 0.15) is 5.75 Å². The Bertz CT molecular complexity index is 350. The molecule has 1 saturated carbocycles. The highest BCUT2D eigenvalue weighted by atomic mass is 16.5. The lowest BCUT2D eigenvalue weighted by Crippen LogP contribution is -2.44. The van der Waals surface area contributed by atoms with Crippen LogP contribution in [0.2, 0.25) is 0 Å². The highest BCUT2D eigenvalue weighted by Crippen LogP contribution is 2.41. The fourth-order valence-corrected chi connectivity index (χ4v) is 3.11. The van der Waals surface area contributed by atoms with Gasteiger partial charge in [0.15, 0.2) is 0 Å². The zero-order chi connectivity index (χ0) is 12.3. The van der Waals surface area contributed by atoms with Crippen molar-refractivity contribution in [3.05, 3.63) is 29.8 Å². The first-order chi connectivity index (χ1) is 8.19. The average molecular weight is 233 g/mol. The van der Waals surface area contributed by atoms with E-state index in [1.54, 1.807) is 7.11 Å². The Labute approximate surface area is 104 Å². The summed E-state index contributed by atoms with van der Waals surface area (Å²) >= 11 is 0. The lowest BCUT2D eigenvalue weighted by atomic mass is 9.65. The molecule has 2 rings (SSSR count). The lowest BCUT2D eigenvalue weighted by molar-refractivity contribution is 0.252. The summed E-state index contributed by atoms with van der Waals surface area (Å²) in [7, 11) is 1.71. The van der Waals surface area contributed by atoms with Crippen LogP contribution in [0.3, 0.4) is 0 Å². The summed E-state index contributed by atoms with van der Waals surface area (Å²) in [6, 6.07) is 8.69. The smallest absolute Gasteiger partial charge is 0.118 e. The second-order valence-corrected chi connectivity index (χ2v) is 5.23. The van der Waals surface area contributed by atoms with Crippen molar-refractivity contribution < 1.29 is 4.74 Å². The maximum absolute atomic E-state index is 6.27. The lowest BCUT2D eigenvalue weighted by Gasteiger charge is -2.41. The summed E-state index contributed by atoms with van der Waals surface area (Å²) in [6.07, 6.45) is 6.39. The quantitative estimate of drug-likeness (QED) is 0.869. The van der Waals surface area contributed by atoms with E-state index >= 15 is 0 Å². The molecule has 1 unspecified atom stereocenters. The molecule has 0 aliphatic heterocycles. The predicted molar refractivity (Wildman–Crippen MR) is 71.4 cm³/mol. The molecule has 2 N–H and O–H groups in total. The van der Waals surface area contributed by atoms with Crippen molar-refractivity contribution in [2.75, 3.05) is 7.11 Å². The molecule has 94 valence electrons. The van der Waals surface area contributed by atoms with Gasteiger partial charge in [-0.25, -0.2) is 0 Å². The first kappa shape index (κ1) is 12.4. The van der Waals surface area contributed by atoms with E-state index in [0.717, 1.165) is 5.75 Å². The highest BCUT2D eigenvalue weighted by molar-refractivity contribution is 5.34. The maximum Gasteiger partial charge on any atom is 0.118 e. The molecule has 17 heavy (non-hydrogen) atoms. The Morgan fingerprint density at radius 2 is 1.71 bits per heavy atom. The number of hydrogen-bond donors (Lipinski definition) is 1. The van der Waals surface area contributed by atoms with Crippen molar-refractivity contribution in [2.24, 2.45) is 5.73 Å². The molecule has 0 amide bonds. The topological polar surface area (TPSA) is 35.2 Å². The Kier molecular flexibility index (Phi) is 3.72. The number of rotatable bonds is 3. The SMILES string of the molecule is COc1ccc(C2(C(C)N)CCCCC2)cc1. The number of benzene rings is 1. The summed E-state index contributed by atoms with van der Waals surface area (Å²) in [5.41, 5.74) is 7.84. The van der Waals surface area contributed by atoms with Crippen molar-refractivity contribution in [2.45, 2.75) is 50.5 Å². The van der Waals surface area contributed by atoms with Crippen LogP contribution in [0.1, 0.15) is 44.6 Å². The van der Waals surface area contributed by atoms with Gasteiger partial charge in [-0.2, -0.15) is 0 Å². The van der Waals surface area contributed by atoms with Gasteiger partial charge in [0.2, 0.25) is 0 Å². The molecular weight excluding hydrogens is 210 g/mol. The number of methoxy groups -OCH3 is 1. The zero-order valence-corrected chi connectivity index (χ0v) is 10.9. The van der Waals surface area contributed by atoms with Gasteiger partial charge in [0.05, 0.1) is 7.11 Å². The molecule has 1 aliphatic carbocycles. The van der Waals surface area contributed by atoms with E-state index in [1.807, 2.05) is 12.1 Å². The van der Waals surface area contributed by atoms with Crippen LogP contribution < -0.4 is 10.5 Å². The maximum atomic E-state index is 6.27. The van der Waals surface area contributed by atoms with Gasteiger partial charge in [0, 0.05) is 11.5 Å². The molecule has 0 saturated heterocycles. The van der Waals surface area contributed by atoms with Gasteiger partial charge in [-0.15, -0.1) is 0 Å². The molecule has 0 aromatic heterocycles. The Morgan fingerprint density at radius 1 is 1.12 bits per heavy atom. The summed E-state index contributed by atoms with van der Waals surface area (Å²) in [6.45, 7) is 2.15. The van der Waals surface area contributed by atoms with Crippen molar-refractivity contribution >= 4 is 0 Å². The standard InChI is InChI=1S/C15H23NO/c1-12(16)15(10-4-3-5-11-15)13-6-8-14(17-2)9-7-13/h6-9,12H,3-5,10-11,16H2,1-2H3. The van der Waals surface area contributed by atoms with Crippen LogP contribution >= 0.6 is 0 Å². The molecule has 0 heterocycles. The fraction of sp³-hybridized carbons (Fsp3) is 0.600. The van der Waals surface area contributed by atoms with Gasteiger partial charge in [0.25, 0.3) is 0 Å². The van der Waals surface area contributed by atoms with Crippen LogP contribution in [0.15, 0.2) is 24.3 Å². The number of nitrogens with two attached hydrogens (primary N) is 1. The van der Waals surface area contributed by atoms with Crippen LogP contribution in [0.4, 0.5) is 0 Å². The molecule has 0 spiro atoms. The van der Waals surface area contributed by atoms with E-state index in [2.05, 4.69) is 19.1 Å². The predicted octanol–water partition coefficient (Wildman–Crippen LogP) is 3.24. The average Bonchev–Trinajstić information content (AvgIpc) is 2.39. The van der Waals surface area contributed by atoms with Crippen LogP contribution in [0.5, 0.6) is 5.75 Å². The van der Waals surface area contributed by atoms with E-state index in [9.17, 15) is 0 Å². The second kappa shape index (κ2) is 5.09. The monoisotopic (exact) mass is 233 g/mol. The van der Waals surface area contributed by atoms with E-state index in [4.69, 9.17) is 10.5 Å². The molecule has 1 aliphatic rings. The van der Waals surface area contributed by atoms with Crippen LogP contribution in [0, 0.1) is 0 Å². The van der Waals surface area contributed by atoms with Crippen molar-refractivity contribution in [3.8, 4) is 5.75 Å². The van der Waals surface area contributed by atoms with Crippen LogP contribution in [0.25, 0.3) is 0 Å². The molecule has 2 nitrogen and oxygen atoms in total. The van der Waals surface area contributed by atoms with Gasteiger partial charge in [-0.05, 0) is 37.5 Å². The molecule has 1 atom stereocenters. The minimum atomic E-state index is 0.185. The minimum Gasteiger partial charge on any atom is -0.497 e. The fourth-order valence-electron chi connectivity index (χ4n) is 3.11. The van der Waals surface area contributed by atoms with Crippen LogP contribution in [-0.2, 0) is 5.41 Å². The van der Waals surface area contributed by atoms with Crippen molar-refractivity contribution in [1.29, 1.82) is 0 Å². The molecule has 1 fully saturated rings. The van der Waals surface area contributed by atoms with E-state index in [-0.39, 0.29) is 11.5 Å². The highest BCUT2D eigenvalue weighted by Gasteiger charge is 2.37. The third kappa shape index (κ3) is 2.32. The largest absolute Gasteiger partial charge is 0.497 e. The molecule has 1 aromatic carbocycles. The Morgan fingerprint density at radius 3 is 2.18 bits per heavy atom. The van der Waals surface area contributed by atoms with E-state index < -0.39 is 0 Å². The van der Waals surface area contributed by atoms with E-state index in [1.165, 1.54) is 37.7 Å². The summed E-state index contributed by atoms with van der Waals surface area (Å²) in [5, 5.41) is 0. The summed E-state index contributed by atoms with van der Waals surface area (Å²) in [4.78, 5) is 0. The second-order valence-electron chi connectivity index (χ2n) is 5.23. The Hall–Kier alpha value is -1.02. The molecule has 2 heteroatoms. The molecule has 1 aromatic rings. The molecular formula is C15H23NO. The molecule has 0 bridgehead atoms. The number of ether oxygens (including phenoxy) is 1. The minimum absolute atomic E-state index is 0.185. The van der Waals surface area contributed by atoms with Crippen molar-refractivity contribution in [3.63, 3.8) is 0 Å². The van der Waals surface area contributed by atoms with Gasteiger partial charge >= 0.3 is 0 Å². The van der Waals surface area contributed by atoms with Gasteiger partial charge < -0.3 is 10.5 Å².